The van der Waals surface area contributed by atoms with E-state index in [1.54, 1.807) is 7.11 Å². The summed E-state index contributed by atoms with van der Waals surface area (Å²) < 4.78 is 4.85. The molecule has 1 aliphatic carbocycles. The lowest BCUT2D eigenvalue weighted by Crippen LogP contribution is -2.41. The number of carbonyl (C=O) groups excluding carboxylic acids is 1. The summed E-state index contributed by atoms with van der Waals surface area (Å²) in [4.78, 5) is 11.6. The van der Waals surface area contributed by atoms with Crippen LogP contribution in [-0.2, 0) is 11.2 Å². The second kappa shape index (κ2) is 5.84. The van der Waals surface area contributed by atoms with Gasteiger partial charge in [-0.1, -0.05) is 24.3 Å². The minimum atomic E-state index is -0.560. The van der Waals surface area contributed by atoms with Crippen LogP contribution < -0.4 is 10.6 Å². The van der Waals surface area contributed by atoms with Crippen LogP contribution in [0.25, 0.3) is 0 Å². The van der Waals surface area contributed by atoms with Crippen molar-refractivity contribution < 1.29 is 14.6 Å². The van der Waals surface area contributed by atoms with E-state index in [-0.39, 0.29) is 12.1 Å². The number of nitrogens with one attached hydrogen (secondary N) is 2. The number of amides is 2. The molecule has 2 amide bonds. The molecule has 18 heavy (non-hydrogen) atoms. The molecule has 98 valence electrons. The fourth-order valence-electron chi connectivity index (χ4n) is 2.21. The Morgan fingerprint density at radius 3 is 3.06 bits per heavy atom. The van der Waals surface area contributed by atoms with Crippen molar-refractivity contribution in [2.45, 2.75) is 18.6 Å². The molecule has 0 unspecified atom stereocenters. The van der Waals surface area contributed by atoms with Gasteiger partial charge in [-0.3, -0.25) is 0 Å². The van der Waals surface area contributed by atoms with Gasteiger partial charge in [0.05, 0.1) is 18.8 Å². The van der Waals surface area contributed by atoms with E-state index in [4.69, 9.17) is 4.74 Å². The molecule has 0 aliphatic heterocycles. The van der Waals surface area contributed by atoms with Gasteiger partial charge < -0.3 is 20.5 Å². The maximum atomic E-state index is 11.6. The van der Waals surface area contributed by atoms with E-state index in [9.17, 15) is 9.90 Å². The monoisotopic (exact) mass is 250 g/mol. The third-order valence-electron chi connectivity index (χ3n) is 3.08. The van der Waals surface area contributed by atoms with Crippen molar-refractivity contribution in [2.75, 3.05) is 20.3 Å². The zero-order chi connectivity index (χ0) is 13.0. The minimum absolute atomic E-state index is 0.284. The Morgan fingerprint density at radius 2 is 2.28 bits per heavy atom. The van der Waals surface area contributed by atoms with Crippen LogP contribution in [0.4, 0.5) is 4.79 Å². The topological polar surface area (TPSA) is 70.6 Å². The second-order valence-corrected chi connectivity index (χ2v) is 4.34. The number of aliphatic hydroxyl groups is 1. The highest BCUT2D eigenvalue weighted by Gasteiger charge is 2.31. The third kappa shape index (κ3) is 2.80. The second-order valence-electron chi connectivity index (χ2n) is 4.34. The van der Waals surface area contributed by atoms with Gasteiger partial charge in [0.1, 0.15) is 0 Å². The van der Waals surface area contributed by atoms with Crippen LogP contribution in [0.3, 0.4) is 0 Å². The first-order valence-corrected chi connectivity index (χ1v) is 6.01. The van der Waals surface area contributed by atoms with Crippen molar-refractivity contribution in [1.82, 2.24) is 10.6 Å². The van der Waals surface area contributed by atoms with Crippen LogP contribution in [-0.4, -0.2) is 37.5 Å². The average molecular weight is 250 g/mol. The van der Waals surface area contributed by atoms with Crippen LogP contribution in [0.2, 0.25) is 0 Å². The summed E-state index contributed by atoms with van der Waals surface area (Å²) in [6.45, 7) is 0.921. The summed E-state index contributed by atoms with van der Waals surface area (Å²) in [5, 5.41) is 15.4. The van der Waals surface area contributed by atoms with E-state index in [2.05, 4.69) is 10.6 Å². The quantitative estimate of drug-likeness (QED) is 0.685. The van der Waals surface area contributed by atoms with Gasteiger partial charge in [0.15, 0.2) is 0 Å². The van der Waals surface area contributed by atoms with Gasteiger partial charge in [-0.2, -0.15) is 0 Å². The molecule has 0 spiro atoms. The lowest BCUT2D eigenvalue weighted by atomic mass is 10.1. The number of hydrogen-bond acceptors (Lipinski definition) is 3. The van der Waals surface area contributed by atoms with Crippen molar-refractivity contribution in [1.29, 1.82) is 0 Å². The Morgan fingerprint density at radius 1 is 1.50 bits per heavy atom. The lowest BCUT2D eigenvalue weighted by molar-refractivity contribution is 0.141. The van der Waals surface area contributed by atoms with Gasteiger partial charge in [0.2, 0.25) is 0 Å². The summed E-state index contributed by atoms with van der Waals surface area (Å²) in [6.07, 6.45) is 0.0229. The highest BCUT2D eigenvalue weighted by Crippen LogP contribution is 2.30. The summed E-state index contributed by atoms with van der Waals surface area (Å²) >= 11 is 0. The maximum absolute atomic E-state index is 11.6. The van der Waals surface area contributed by atoms with Gasteiger partial charge in [-0.15, -0.1) is 0 Å². The van der Waals surface area contributed by atoms with E-state index in [0.717, 1.165) is 11.1 Å². The molecule has 0 saturated heterocycles. The molecule has 2 atom stereocenters. The molecular weight excluding hydrogens is 232 g/mol. The Kier molecular flexibility index (Phi) is 4.17. The predicted molar refractivity (Wildman–Crippen MR) is 67.3 cm³/mol. The number of rotatable bonds is 4. The van der Waals surface area contributed by atoms with Crippen molar-refractivity contribution in [3.63, 3.8) is 0 Å². The predicted octanol–water partition coefficient (Wildman–Crippen LogP) is 0.590. The first-order valence-electron chi connectivity index (χ1n) is 6.01. The summed E-state index contributed by atoms with van der Waals surface area (Å²) in [6, 6.07) is 7.15. The molecule has 0 aromatic heterocycles. The fraction of sp³-hybridized carbons (Fsp3) is 0.462. The normalized spacial score (nSPS) is 21.4. The molecule has 0 heterocycles. The number of hydrogen-bond donors (Lipinski definition) is 3. The van der Waals surface area contributed by atoms with Crippen LogP contribution in [0.15, 0.2) is 24.3 Å². The van der Waals surface area contributed by atoms with Gasteiger partial charge in [0, 0.05) is 20.1 Å². The molecule has 1 aromatic rings. The molecule has 5 heteroatoms. The summed E-state index contributed by atoms with van der Waals surface area (Å²) in [5.41, 5.74) is 2.08. The molecule has 0 bridgehead atoms. The Hall–Kier alpha value is -1.59. The standard InChI is InChI=1S/C13H18N2O3/c1-18-7-6-14-13(17)15-12-10-5-3-2-4-9(10)8-11(12)16/h2-5,11-12,16H,6-8H2,1H3,(H2,14,15,17)/t11-,12+/m0/s1. The molecule has 3 N–H and O–H groups in total. The fourth-order valence-corrected chi connectivity index (χ4v) is 2.21. The smallest absolute Gasteiger partial charge is 0.315 e. The number of fused-ring (bicyclic) bond motifs is 1. The Bertz CT molecular complexity index is 422. The highest BCUT2D eigenvalue weighted by atomic mass is 16.5. The van der Waals surface area contributed by atoms with E-state index in [1.807, 2.05) is 24.3 Å². The number of ether oxygens (including phenoxy) is 1. The molecule has 2 rings (SSSR count). The average Bonchev–Trinajstić information content (AvgIpc) is 2.67. The van der Waals surface area contributed by atoms with Crippen LogP contribution in [0, 0.1) is 0 Å². The van der Waals surface area contributed by atoms with Crippen LogP contribution in [0.1, 0.15) is 17.2 Å². The first-order chi connectivity index (χ1) is 8.72. The van der Waals surface area contributed by atoms with E-state index in [1.165, 1.54) is 0 Å². The molecule has 5 nitrogen and oxygen atoms in total. The van der Waals surface area contributed by atoms with Crippen LogP contribution in [0.5, 0.6) is 0 Å². The SMILES string of the molecule is COCCNC(=O)N[C@@H]1c2ccccc2C[C@@H]1O. The van der Waals surface area contributed by atoms with Gasteiger partial charge in [-0.05, 0) is 11.1 Å². The van der Waals surface area contributed by atoms with Crippen molar-refractivity contribution >= 4 is 6.03 Å². The Labute approximate surface area is 106 Å². The number of methoxy groups -OCH3 is 1. The van der Waals surface area contributed by atoms with E-state index < -0.39 is 6.10 Å². The summed E-state index contributed by atoms with van der Waals surface area (Å²) in [7, 11) is 1.58. The molecule has 1 aromatic carbocycles. The molecule has 0 saturated carbocycles. The minimum Gasteiger partial charge on any atom is -0.390 e. The lowest BCUT2D eigenvalue weighted by Gasteiger charge is -2.18. The van der Waals surface area contributed by atoms with Gasteiger partial charge >= 0.3 is 6.03 Å². The van der Waals surface area contributed by atoms with E-state index in [0.29, 0.717) is 19.6 Å². The zero-order valence-corrected chi connectivity index (χ0v) is 10.3. The molecule has 0 radical (unpaired) electrons. The Balaban J connectivity index is 1.95. The molecular formula is C13H18N2O3. The maximum Gasteiger partial charge on any atom is 0.315 e. The number of benzene rings is 1. The van der Waals surface area contributed by atoms with Crippen LogP contribution >= 0.6 is 0 Å². The number of aliphatic hydroxyl groups excluding tert-OH is 1. The summed E-state index contributed by atoms with van der Waals surface area (Å²) in [5.74, 6) is 0. The van der Waals surface area contributed by atoms with Crippen molar-refractivity contribution in [3.05, 3.63) is 35.4 Å². The zero-order valence-electron chi connectivity index (χ0n) is 10.3. The van der Waals surface area contributed by atoms with Crippen molar-refractivity contribution in [2.24, 2.45) is 0 Å². The van der Waals surface area contributed by atoms with Gasteiger partial charge in [-0.25, -0.2) is 4.79 Å². The van der Waals surface area contributed by atoms with Crippen molar-refractivity contribution in [3.8, 4) is 0 Å². The first kappa shape index (κ1) is 12.9. The molecule has 1 aliphatic rings. The number of carbonyl (C=O) groups is 1. The third-order valence-corrected chi connectivity index (χ3v) is 3.08. The molecule has 0 fully saturated rings. The largest absolute Gasteiger partial charge is 0.390 e. The van der Waals surface area contributed by atoms with E-state index >= 15 is 0 Å². The van der Waals surface area contributed by atoms with Gasteiger partial charge in [0.25, 0.3) is 0 Å². The highest BCUT2D eigenvalue weighted by molar-refractivity contribution is 5.74. The number of urea groups is 1.